The van der Waals surface area contributed by atoms with Gasteiger partial charge in [0.25, 0.3) is 0 Å². The highest BCUT2D eigenvalue weighted by Crippen LogP contribution is 2.41. The number of methoxy groups -OCH3 is 1. The van der Waals surface area contributed by atoms with Crippen molar-refractivity contribution in [2.45, 2.75) is 51.5 Å². The first-order valence-corrected chi connectivity index (χ1v) is 13.6. The second kappa shape index (κ2) is 10.9. The van der Waals surface area contributed by atoms with E-state index >= 15 is 0 Å². The molecule has 1 saturated carbocycles. The van der Waals surface area contributed by atoms with Crippen molar-refractivity contribution < 1.29 is 18.7 Å². The summed E-state index contributed by atoms with van der Waals surface area (Å²) in [4.78, 5) is 36.1. The second-order valence-electron chi connectivity index (χ2n) is 9.58. The van der Waals surface area contributed by atoms with Crippen LogP contribution in [0.2, 0.25) is 0 Å². The lowest BCUT2D eigenvalue weighted by Gasteiger charge is -2.31. The van der Waals surface area contributed by atoms with Crippen LogP contribution in [0, 0.1) is 24.1 Å². The van der Waals surface area contributed by atoms with Crippen LogP contribution in [0.3, 0.4) is 0 Å². The molecule has 0 amide bonds. The summed E-state index contributed by atoms with van der Waals surface area (Å²) < 4.78 is 22.6. The first-order valence-electron chi connectivity index (χ1n) is 12.8. The molecule has 1 aliphatic rings. The van der Waals surface area contributed by atoms with Crippen molar-refractivity contribution in [3.8, 4) is 29.6 Å². The molecule has 0 spiro atoms. The molecule has 1 aromatic carbocycles. The standard InChI is InChI=1S/C30H28FN3O3S/c1-4-20-11-12-28(38-20)26(36)15-18-8-6-9-19(14-18)34-24-17-27(37-3)21(25(35)5-2)16-23(24)33-30(34)29-22(31)10-7-13-32-29/h1,7,10-13,16-19H,5-6,8-9,14-15H2,2-3H3/t18-,19+/m1/s1. The van der Waals surface area contributed by atoms with E-state index in [1.807, 2.05) is 10.6 Å². The number of carbonyl (C=O) groups is 2. The lowest BCUT2D eigenvalue weighted by molar-refractivity contribution is 0.0944. The van der Waals surface area contributed by atoms with E-state index in [4.69, 9.17) is 16.1 Å². The third kappa shape index (κ3) is 4.86. The van der Waals surface area contributed by atoms with Crippen molar-refractivity contribution in [2.75, 3.05) is 7.11 Å². The van der Waals surface area contributed by atoms with E-state index < -0.39 is 5.82 Å². The highest BCUT2D eigenvalue weighted by Gasteiger charge is 2.30. The number of imidazole rings is 1. The number of aromatic nitrogens is 3. The fourth-order valence-electron chi connectivity index (χ4n) is 5.40. The minimum atomic E-state index is -0.467. The van der Waals surface area contributed by atoms with Crippen LogP contribution in [-0.4, -0.2) is 33.2 Å². The molecule has 8 heteroatoms. The average molecular weight is 530 g/mol. The van der Waals surface area contributed by atoms with Crippen LogP contribution < -0.4 is 4.74 Å². The molecule has 38 heavy (non-hydrogen) atoms. The molecule has 0 aliphatic heterocycles. The van der Waals surface area contributed by atoms with E-state index in [1.165, 1.54) is 24.5 Å². The number of rotatable bonds is 8. The lowest BCUT2D eigenvalue weighted by Crippen LogP contribution is -2.22. The first kappa shape index (κ1) is 25.8. The number of terminal acetylenes is 1. The van der Waals surface area contributed by atoms with Crippen LogP contribution in [-0.2, 0) is 0 Å². The minimum Gasteiger partial charge on any atom is -0.496 e. The first-order chi connectivity index (χ1) is 18.4. The van der Waals surface area contributed by atoms with Crippen molar-refractivity contribution in [1.82, 2.24) is 14.5 Å². The quantitative estimate of drug-likeness (QED) is 0.184. The largest absolute Gasteiger partial charge is 0.496 e. The number of halogens is 1. The Hall–Kier alpha value is -3.83. The van der Waals surface area contributed by atoms with E-state index in [0.29, 0.717) is 40.4 Å². The van der Waals surface area contributed by atoms with Crippen LogP contribution in [0.15, 0.2) is 42.6 Å². The smallest absolute Gasteiger partial charge is 0.173 e. The normalized spacial score (nSPS) is 17.3. The van der Waals surface area contributed by atoms with Gasteiger partial charge in [-0.3, -0.25) is 9.59 Å². The lowest BCUT2D eigenvalue weighted by atomic mass is 9.82. The molecule has 3 aromatic heterocycles. The van der Waals surface area contributed by atoms with Gasteiger partial charge >= 0.3 is 0 Å². The molecule has 6 nitrogen and oxygen atoms in total. The molecule has 194 valence electrons. The predicted molar refractivity (Wildman–Crippen MR) is 146 cm³/mol. The van der Waals surface area contributed by atoms with Gasteiger partial charge in [0, 0.05) is 31.1 Å². The van der Waals surface area contributed by atoms with Gasteiger partial charge in [-0.25, -0.2) is 14.4 Å². The molecule has 3 heterocycles. The molecule has 1 fully saturated rings. The van der Waals surface area contributed by atoms with Gasteiger partial charge in [0.1, 0.15) is 11.4 Å². The van der Waals surface area contributed by atoms with E-state index in [1.54, 1.807) is 37.4 Å². The molecule has 0 saturated heterocycles. The number of carbonyl (C=O) groups excluding carboxylic acids is 2. The summed E-state index contributed by atoms with van der Waals surface area (Å²) in [6.07, 6.45) is 11.2. The van der Waals surface area contributed by atoms with Gasteiger partial charge in [0.05, 0.1) is 33.5 Å². The van der Waals surface area contributed by atoms with Crippen LogP contribution in [0.5, 0.6) is 5.75 Å². The number of nitrogens with zero attached hydrogens (tertiary/aromatic N) is 3. The number of benzene rings is 1. The highest BCUT2D eigenvalue weighted by atomic mass is 32.1. The number of ketones is 2. The van der Waals surface area contributed by atoms with Gasteiger partial charge < -0.3 is 9.30 Å². The van der Waals surface area contributed by atoms with Crippen LogP contribution in [0.1, 0.15) is 76.4 Å². The van der Waals surface area contributed by atoms with E-state index in [0.717, 1.165) is 36.1 Å². The van der Waals surface area contributed by atoms with Gasteiger partial charge in [0.2, 0.25) is 0 Å². The summed E-state index contributed by atoms with van der Waals surface area (Å²) in [5.41, 5.74) is 1.95. The topological polar surface area (TPSA) is 74.1 Å². The summed E-state index contributed by atoms with van der Waals surface area (Å²) in [5, 5.41) is 0. The van der Waals surface area contributed by atoms with Crippen LogP contribution in [0.4, 0.5) is 4.39 Å². The summed E-state index contributed by atoms with van der Waals surface area (Å²) in [7, 11) is 1.53. The maximum atomic E-state index is 15.0. The Morgan fingerprint density at radius 2 is 2.08 bits per heavy atom. The van der Waals surface area contributed by atoms with Crippen molar-refractivity contribution >= 4 is 33.9 Å². The minimum absolute atomic E-state index is 0.0232. The second-order valence-corrected chi connectivity index (χ2v) is 10.7. The fourth-order valence-corrected chi connectivity index (χ4v) is 6.16. The van der Waals surface area contributed by atoms with Crippen molar-refractivity contribution in [3.05, 3.63) is 63.7 Å². The Bertz CT molecular complexity index is 1560. The number of Topliss-reactive ketones (excluding diaryl/α,β-unsaturated/α-hetero) is 2. The zero-order chi connectivity index (χ0) is 26.8. The van der Waals surface area contributed by atoms with Crippen LogP contribution >= 0.6 is 11.3 Å². The predicted octanol–water partition coefficient (Wildman–Crippen LogP) is 6.89. The van der Waals surface area contributed by atoms with Gasteiger partial charge in [-0.1, -0.05) is 19.3 Å². The molecule has 1 aliphatic carbocycles. The van der Waals surface area contributed by atoms with Gasteiger partial charge in [-0.2, -0.15) is 0 Å². The van der Waals surface area contributed by atoms with Crippen molar-refractivity contribution in [1.29, 1.82) is 0 Å². The Morgan fingerprint density at radius 3 is 2.79 bits per heavy atom. The number of ether oxygens (including phenoxy) is 1. The average Bonchev–Trinajstić information content (AvgIpc) is 3.57. The van der Waals surface area contributed by atoms with Gasteiger partial charge in [-0.05, 0) is 55.5 Å². The van der Waals surface area contributed by atoms with E-state index in [9.17, 15) is 14.0 Å². The molecule has 2 atom stereocenters. The Morgan fingerprint density at radius 1 is 1.24 bits per heavy atom. The van der Waals surface area contributed by atoms with Crippen molar-refractivity contribution in [3.63, 3.8) is 0 Å². The maximum absolute atomic E-state index is 15.0. The third-order valence-electron chi connectivity index (χ3n) is 7.22. The highest BCUT2D eigenvalue weighted by molar-refractivity contribution is 7.14. The van der Waals surface area contributed by atoms with Gasteiger partial charge in [0.15, 0.2) is 23.2 Å². The molecule has 0 radical (unpaired) electrons. The summed E-state index contributed by atoms with van der Waals surface area (Å²) in [5.74, 6) is 3.20. The Labute approximate surface area is 224 Å². The Balaban J connectivity index is 1.56. The molecule has 5 rings (SSSR count). The number of fused-ring (bicyclic) bond motifs is 1. The molecule has 0 N–H and O–H groups in total. The van der Waals surface area contributed by atoms with Gasteiger partial charge in [-0.15, -0.1) is 17.8 Å². The molecule has 4 aromatic rings. The summed E-state index contributed by atoms with van der Waals surface area (Å²) in [6.45, 7) is 1.80. The van der Waals surface area contributed by atoms with Crippen LogP contribution in [0.25, 0.3) is 22.6 Å². The van der Waals surface area contributed by atoms with Crippen molar-refractivity contribution in [2.24, 2.45) is 5.92 Å². The monoisotopic (exact) mass is 529 g/mol. The SMILES string of the molecule is C#Cc1ccc(C(=O)C[C@@H]2CCC[C@H](n3c(-c4ncccc4F)nc4cc(C(=O)CC)c(OC)cc43)C2)s1. The summed E-state index contributed by atoms with van der Waals surface area (Å²) in [6, 6.07) is 10.0. The zero-order valence-electron chi connectivity index (χ0n) is 21.4. The summed E-state index contributed by atoms with van der Waals surface area (Å²) >= 11 is 1.35. The number of thiophene rings is 1. The Kier molecular flexibility index (Phi) is 7.39. The third-order valence-corrected chi connectivity index (χ3v) is 8.28. The number of pyridine rings is 1. The molecule has 0 bridgehead atoms. The van der Waals surface area contributed by atoms with E-state index in [-0.39, 0.29) is 29.2 Å². The fraction of sp³-hybridized carbons (Fsp3) is 0.333. The molecule has 0 unspecified atom stereocenters. The molecular formula is C30H28FN3O3S. The van der Waals surface area contributed by atoms with E-state index in [2.05, 4.69) is 10.9 Å². The molecular weight excluding hydrogens is 501 g/mol. The number of hydrogen-bond acceptors (Lipinski definition) is 6. The maximum Gasteiger partial charge on any atom is 0.173 e. The zero-order valence-corrected chi connectivity index (χ0v) is 22.2. The number of hydrogen-bond donors (Lipinski definition) is 0.